The van der Waals surface area contributed by atoms with Gasteiger partial charge >= 0.3 is 0 Å². The number of nitrogens with one attached hydrogen (secondary N) is 1. The number of sulfonamides is 1. The highest BCUT2D eigenvalue weighted by Crippen LogP contribution is 2.30. The summed E-state index contributed by atoms with van der Waals surface area (Å²) in [5, 5.41) is 3.36. The van der Waals surface area contributed by atoms with Gasteiger partial charge in [-0.2, -0.15) is 4.31 Å². The second kappa shape index (κ2) is 9.76. The molecule has 2 aromatic carbocycles. The summed E-state index contributed by atoms with van der Waals surface area (Å²) in [6, 6.07) is 10.7. The monoisotopic (exact) mass is 488 g/mol. The molecule has 2 heterocycles. The van der Waals surface area contributed by atoms with Crippen LogP contribution in [0.2, 0.25) is 0 Å². The van der Waals surface area contributed by atoms with Crippen LogP contribution in [0.3, 0.4) is 0 Å². The lowest BCUT2D eigenvalue weighted by Gasteiger charge is -2.30. The molecule has 1 aliphatic rings. The molecule has 1 aliphatic heterocycles. The molecular formula is C23H28N4O4S2. The molecule has 1 saturated heterocycles. The lowest BCUT2D eigenvalue weighted by Crippen LogP contribution is -2.37. The van der Waals surface area contributed by atoms with Crippen molar-refractivity contribution in [3.63, 3.8) is 0 Å². The predicted molar refractivity (Wildman–Crippen MR) is 132 cm³/mol. The van der Waals surface area contributed by atoms with E-state index in [-0.39, 0.29) is 10.8 Å². The Balaban J connectivity index is 1.72. The third kappa shape index (κ3) is 4.89. The van der Waals surface area contributed by atoms with Gasteiger partial charge in [0.25, 0.3) is 5.91 Å². The van der Waals surface area contributed by atoms with Crippen LogP contribution in [-0.4, -0.2) is 63.0 Å². The van der Waals surface area contributed by atoms with E-state index in [1.54, 1.807) is 26.0 Å². The van der Waals surface area contributed by atoms with Crippen LogP contribution in [0.15, 0.2) is 41.3 Å². The molecule has 0 bridgehead atoms. The average Bonchev–Trinajstić information content (AvgIpc) is 3.21. The lowest BCUT2D eigenvalue weighted by molar-refractivity contribution is 0.102. The van der Waals surface area contributed by atoms with Crippen molar-refractivity contribution in [2.75, 3.05) is 49.6 Å². The molecule has 0 spiro atoms. The highest BCUT2D eigenvalue weighted by molar-refractivity contribution is 7.89. The summed E-state index contributed by atoms with van der Waals surface area (Å²) in [4.78, 5) is 20.1. The van der Waals surface area contributed by atoms with Gasteiger partial charge in [0.05, 0.1) is 33.9 Å². The Morgan fingerprint density at radius 3 is 2.58 bits per heavy atom. The summed E-state index contributed by atoms with van der Waals surface area (Å²) in [6.45, 7) is 8.68. The predicted octanol–water partition coefficient (Wildman–Crippen LogP) is 3.72. The van der Waals surface area contributed by atoms with E-state index in [1.165, 1.54) is 21.7 Å². The summed E-state index contributed by atoms with van der Waals surface area (Å²) in [7, 11) is -3.71. The first-order valence-electron chi connectivity index (χ1n) is 11.0. The van der Waals surface area contributed by atoms with Crippen molar-refractivity contribution in [3.05, 3.63) is 47.5 Å². The molecule has 176 valence electrons. The summed E-state index contributed by atoms with van der Waals surface area (Å²) in [5.74, 6) is -0.385. The highest BCUT2D eigenvalue weighted by Gasteiger charge is 2.26. The maximum absolute atomic E-state index is 13.4. The second-order valence-electron chi connectivity index (χ2n) is 7.81. The zero-order valence-corrected chi connectivity index (χ0v) is 20.6. The Morgan fingerprint density at radius 1 is 1.15 bits per heavy atom. The molecule has 10 heteroatoms. The number of aryl methyl sites for hydroxylation is 1. The minimum atomic E-state index is -3.71. The van der Waals surface area contributed by atoms with Gasteiger partial charge < -0.3 is 9.64 Å². The lowest BCUT2D eigenvalue weighted by atomic mass is 10.1. The quantitative estimate of drug-likeness (QED) is 0.545. The van der Waals surface area contributed by atoms with E-state index in [4.69, 9.17) is 4.74 Å². The fourth-order valence-electron chi connectivity index (χ4n) is 3.90. The van der Waals surface area contributed by atoms with Crippen molar-refractivity contribution in [2.45, 2.75) is 25.7 Å². The van der Waals surface area contributed by atoms with Gasteiger partial charge in [0, 0.05) is 31.9 Å². The van der Waals surface area contributed by atoms with Crippen molar-refractivity contribution < 1.29 is 17.9 Å². The van der Waals surface area contributed by atoms with Gasteiger partial charge in [-0.25, -0.2) is 13.4 Å². The number of hydrogen-bond donors (Lipinski definition) is 1. The number of carbonyl (C=O) groups excluding carboxylic acids is 1. The van der Waals surface area contributed by atoms with E-state index < -0.39 is 10.0 Å². The minimum Gasteiger partial charge on any atom is -0.378 e. The van der Waals surface area contributed by atoms with Crippen LogP contribution in [-0.2, 0) is 14.8 Å². The third-order valence-electron chi connectivity index (χ3n) is 5.67. The van der Waals surface area contributed by atoms with Gasteiger partial charge in [-0.1, -0.05) is 31.3 Å². The first-order valence-corrected chi connectivity index (χ1v) is 13.2. The number of aromatic nitrogens is 1. The van der Waals surface area contributed by atoms with Gasteiger partial charge in [-0.05, 0) is 42.8 Å². The van der Waals surface area contributed by atoms with Crippen LogP contribution in [0.25, 0.3) is 10.2 Å². The fraction of sp³-hybridized carbons (Fsp3) is 0.391. The number of rotatable bonds is 7. The largest absolute Gasteiger partial charge is 0.378 e. The molecule has 3 aromatic rings. The normalized spacial score (nSPS) is 14.7. The third-order valence-corrected chi connectivity index (χ3v) is 8.65. The number of hydrogen-bond acceptors (Lipinski definition) is 7. The summed E-state index contributed by atoms with van der Waals surface area (Å²) >= 11 is 1.39. The van der Waals surface area contributed by atoms with E-state index in [9.17, 15) is 13.2 Å². The number of nitrogens with zero attached hydrogens (tertiary/aromatic N) is 3. The fourth-order valence-corrected chi connectivity index (χ4v) is 6.34. The maximum Gasteiger partial charge on any atom is 0.259 e. The number of thiazole rings is 1. The Hall–Kier alpha value is -2.53. The van der Waals surface area contributed by atoms with Crippen LogP contribution in [0.1, 0.15) is 29.8 Å². The van der Waals surface area contributed by atoms with Crippen molar-refractivity contribution in [1.29, 1.82) is 0 Å². The average molecular weight is 489 g/mol. The highest BCUT2D eigenvalue weighted by atomic mass is 32.2. The molecule has 8 nitrogen and oxygen atoms in total. The Kier molecular flexibility index (Phi) is 6.99. The van der Waals surface area contributed by atoms with E-state index in [2.05, 4.69) is 10.3 Å². The smallest absolute Gasteiger partial charge is 0.259 e. The molecule has 0 radical (unpaired) electrons. The number of ether oxygens (including phenoxy) is 1. The topological polar surface area (TPSA) is 91.8 Å². The molecule has 0 aliphatic carbocycles. The van der Waals surface area contributed by atoms with Crippen molar-refractivity contribution in [2.24, 2.45) is 0 Å². The first kappa shape index (κ1) is 23.6. The van der Waals surface area contributed by atoms with E-state index in [1.807, 2.05) is 30.0 Å². The number of benzene rings is 2. The molecule has 1 aromatic heterocycles. The number of amides is 1. The zero-order valence-electron chi connectivity index (χ0n) is 19.0. The molecule has 1 amide bonds. The van der Waals surface area contributed by atoms with Crippen molar-refractivity contribution in [1.82, 2.24) is 9.29 Å². The van der Waals surface area contributed by atoms with Gasteiger partial charge in [0.1, 0.15) is 0 Å². The van der Waals surface area contributed by atoms with E-state index in [0.717, 1.165) is 15.8 Å². The molecule has 4 rings (SSSR count). The molecule has 33 heavy (non-hydrogen) atoms. The van der Waals surface area contributed by atoms with Crippen LogP contribution >= 0.6 is 11.3 Å². The van der Waals surface area contributed by atoms with Gasteiger partial charge in [-0.15, -0.1) is 0 Å². The van der Waals surface area contributed by atoms with Gasteiger partial charge in [0.15, 0.2) is 5.13 Å². The van der Waals surface area contributed by atoms with Crippen LogP contribution in [0, 0.1) is 6.92 Å². The minimum absolute atomic E-state index is 0.105. The zero-order chi connectivity index (χ0) is 23.6. The molecular weight excluding hydrogens is 460 g/mol. The van der Waals surface area contributed by atoms with Crippen LogP contribution in [0.5, 0.6) is 0 Å². The number of carbonyl (C=O) groups is 1. The Morgan fingerprint density at radius 2 is 1.88 bits per heavy atom. The SMILES string of the molecule is CCN(CC)S(=O)(=O)c1ccc(N2CCOCC2)c(C(=O)Nc2nc3ccc(C)cc3s2)c1. The molecule has 1 N–H and O–H groups in total. The van der Waals surface area contributed by atoms with Gasteiger partial charge in [-0.3, -0.25) is 10.1 Å². The number of morpholine rings is 1. The molecule has 0 atom stereocenters. The maximum atomic E-state index is 13.4. The van der Waals surface area contributed by atoms with Crippen LogP contribution in [0.4, 0.5) is 10.8 Å². The van der Waals surface area contributed by atoms with E-state index >= 15 is 0 Å². The van der Waals surface area contributed by atoms with E-state index in [0.29, 0.717) is 55.8 Å². The van der Waals surface area contributed by atoms with Gasteiger partial charge in [0.2, 0.25) is 10.0 Å². The summed E-state index contributed by atoms with van der Waals surface area (Å²) < 4.78 is 34.0. The second-order valence-corrected chi connectivity index (χ2v) is 10.8. The number of anilines is 2. The molecule has 1 fully saturated rings. The first-order chi connectivity index (χ1) is 15.8. The van der Waals surface area contributed by atoms with Crippen molar-refractivity contribution in [3.8, 4) is 0 Å². The summed E-state index contributed by atoms with van der Waals surface area (Å²) in [5.41, 5.74) is 2.92. The van der Waals surface area contributed by atoms with Crippen LogP contribution < -0.4 is 10.2 Å². The standard InChI is InChI=1S/C23H28N4O4S2/c1-4-27(5-2)33(29,30)17-7-9-20(26-10-12-31-13-11-26)18(15-17)22(28)25-23-24-19-8-6-16(3)14-21(19)32-23/h6-9,14-15H,4-5,10-13H2,1-3H3,(H,24,25,28). The Bertz CT molecular complexity index is 1260. The summed E-state index contributed by atoms with van der Waals surface area (Å²) in [6.07, 6.45) is 0. The molecule has 0 saturated carbocycles. The number of fused-ring (bicyclic) bond motifs is 1. The van der Waals surface area contributed by atoms with Crippen molar-refractivity contribution >= 4 is 48.3 Å². The Labute approximate surface area is 198 Å². The molecule has 0 unspecified atom stereocenters.